The molecule has 3 rings (SSSR count). The fraction of sp³-hybridized carbons (Fsp3) is 0.296. The van der Waals surface area contributed by atoms with Gasteiger partial charge in [-0.3, -0.25) is 14.4 Å². The fourth-order valence-electron chi connectivity index (χ4n) is 4.02. The average molecular weight is 478 g/mol. The molecule has 0 saturated carbocycles. The van der Waals surface area contributed by atoms with Gasteiger partial charge in [0.05, 0.1) is 19.8 Å². The molecule has 1 heterocycles. The molecule has 2 aromatic rings. The molecule has 2 aromatic carbocycles. The number of benzene rings is 2. The van der Waals surface area contributed by atoms with Gasteiger partial charge in [0.1, 0.15) is 11.8 Å². The van der Waals surface area contributed by atoms with Gasteiger partial charge in [0, 0.05) is 18.5 Å². The van der Waals surface area contributed by atoms with Crippen LogP contribution in [0.2, 0.25) is 0 Å². The van der Waals surface area contributed by atoms with Crippen LogP contribution in [-0.4, -0.2) is 61.1 Å². The standard InChI is InChI=1S/C27H27NO7/c1-17(29)23-24(30)21(14-11-18-9-12-20(13-10-18)26(32)34-2)16-28(25(23)31)22(27(33)35-3)15-19-7-5-4-6-8-19/h4-10,12-14,22-23H,11,15-16H2,1-3H3/b21-14+. The predicted molar refractivity (Wildman–Crippen MR) is 126 cm³/mol. The van der Waals surface area contributed by atoms with E-state index in [-0.39, 0.29) is 18.5 Å². The van der Waals surface area contributed by atoms with Crippen LogP contribution in [0.3, 0.4) is 0 Å². The Morgan fingerprint density at radius 2 is 1.63 bits per heavy atom. The summed E-state index contributed by atoms with van der Waals surface area (Å²) in [6, 6.07) is 14.8. The van der Waals surface area contributed by atoms with Crippen LogP contribution in [0.25, 0.3) is 0 Å². The third-order valence-corrected chi connectivity index (χ3v) is 5.94. The molecule has 1 saturated heterocycles. The van der Waals surface area contributed by atoms with Gasteiger partial charge in [-0.2, -0.15) is 0 Å². The summed E-state index contributed by atoms with van der Waals surface area (Å²) in [6.07, 6.45) is 2.17. The van der Waals surface area contributed by atoms with Crippen molar-refractivity contribution in [3.05, 3.63) is 82.9 Å². The van der Waals surface area contributed by atoms with E-state index < -0.39 is 41.4 Å². The number of carbonyl (C=O) groups is 5. The molecule has 0 bridgehead atoms. The molecular formula is C27H27NO7. The molecule has 2 atom stereocenters. The topological polar surface area (TPSA) is 107 Å². The number of rotatable bonds is 8. The summed E-state index contributed by atoms with van der Waals surface area (Å²) in [5.74, 6) is -4.43. The second kappa shape index (κ2) is 11.4. The van der Waals surface area contributed by atoms with E-state index in [0.29, 0.717) is 12.0 Å². The first kappa shape index (κ1) is 25.6. The third-order valence-electron chi connectivity index (χ3n) is 5.94. The van der Waals surface area contributed by atoms with Gasteiger partial charge in [-0.1, -0.05) is 48.5 Å². The summed E-state index contributed by atoms with van der Waals surface area (Å²) in [7, 11) is 2.53. The first-order valence-corrected chi connectivity index (χ1v) is 11.1. The summed E-state index contributed by atoms with van der Waals surface area (Å²) in [5.41, 5.74) is 2.29. The van der Waals surface area contributed by atoms with E-state index in [1.807, 2.05) is 30.3 Å². The van der Waals surface area contributed by atoms with Gasteiger partial charge < -0.3 is 14.4 Å². The van der Waals surface area contributed by atoms with Crippen LogP contribution in [0, 0.1) is 5.92 Å². The zero-order chi connectivity index (χ0) is 25.5. The number of carbonyl (C=O) groups excluding carboxylic acids is 5. The van der Waals surface area contributed by atoms with Crippen molar-refractivity contribution in [2.24, 2.45) is 5.92 Å². The predicted octanol–water partition coefficient (Wildman–Crippen LogP) is 2.34. The zero-order valence-corrected chi connectivity index (χ0v) is 19.9. The molecule has 1 aliphatic heterocycles. The Balaban J connectivity index is 1.91. The number of ether oxygens (including phenoxy) is 2. The van der Waals surface area contributed by atoms with E-state index in [9.17, 15) is 24.0 Å². The Kier molecular flexibility index (Phi) is 8.30. The lowest BCUT2D eigenvalue weighted by Crippen LogP contribution is -2.56. The SMILES string of the molecule is COC(=O)c1ccc(C/C=C2\CN(C(Cc3ccccc3)C(=O)OC)C(=O)C(C(C)=O)C2=O)cc1. The normalized spacial score (nSPS) is 17.7. The first-order valence-electron chi connectivity index (χ1n) is 11.1. The zero-order valence-electron chi connectivity index (χ0n) is 19.9. The first-order chi connectivity index (χ1) is 16.8. The second-order valence-corrected chi connectivity index (χ2v) is 8.22. The molecule has 0 radical (unpaired) electrons. The number of allylic oxidation sites excluding steroid dienone is 1. The number of ketones is 2. The van der Waals surface area contributed by atoms with Gasteiger partial charge in [0.15, 0.2) is 11.7 Å². The van der Waals surface area contributed by atoms with Crippen LogP contribution in [-0.2, 0) is 41.5 Å². The fourth-order valence-corrected chi connectivity index (χ4v) is 4.02. The number of piperidine rings is 1. The maximum absolute atomic E-state index is 13.2. The molecule has 182 valence electrons. The highest BCUT2D eigenvalue weighted by atomic mass is 16.5. The van der Waals surface area contributed by atoms with Gasteiger partial charge in [-0.05, 0) is 36.6 Å². The monoisotopic (exact) mass is 477 g/mol. The van der Waals surface area contributed by atoms with Crippen molar-refractivity contribution in [1.82, 2.24) is 4.90 Å². The summed E-state index contributed by atoms with van der Waals surface area (Å²) in [4.78, 5) is 64.1. The Bertz CT molecular complexity index is 1150. The molecule has 8 nitrogen and oxygen atoms in total. The molecular weight excluding hydrogens is 450 g/mol. The lowest BCUT2D eigenvalue weighted by atomic mass is 9.86. The van der Waals surface area contributed by atoms with E-state index in [1.54, 1.807) is 30.3 Å². The minimum atomic E-state index is -1.50. The van der Waals surface area contributed by atoms with Crippen molar-refractivity contribution in [3.8, 4) is 0 Å². The number of amides is 1. The molecule has 1 aliphatic rings. The van der Waals surface area contributed by atoms with Crippen molar-refractivity contribution in [3.63, 3.8) is 0 Å². The molecule has 0 spiro atoms. The quantitative estimate of drug-likeness (QED) is 0.326. The highest BCUT2D eigenvalue weighted by molar-refractivity contribution is 6.25. The van der Waals surface area contributed by atoms with E-state index in [2.05, 4.69) is 0 Å². The largest absolute Gasteiger partial charge is 0.467 e. The molecule has 2 unspecified atom stereocenters. The van der Waals surface area contributed by atoms with Crippen LogP contribution >= 0.6 is 0 Å². The maximum atomic E-state index is 13.2. The van der Waals surface area contributed by atoms with Gasteiger partial charge in [0.25, 0.3) is 0 Å². The summed E-state index contributed by atoms with van der Waals surface area (Å²) in [6.45, 7) is 1.08. The van der Waals surface area contributed by atoms with Crippen LogP contribution in [0.5, 0.6) is 0 Å². The summed E-state index contributed by atoms with van der Waals surface area (Å²) >= 11 is 0. The number of hydrogen-bond donors (Lipinski definition) is 0. The summed E-state index contributed by atoms with van der Waals surface area (Å²) in [5, 5.41) is 0. The van der Waals surface area contributed by atoms with E-state index in [0.717, 1.165) is 11.1 Å². The lowest BCUT2D eigenvalue weighted by Gasteiger charge is -2.36. The number of methoxy groups -OCH3 is 2. The Hall–Kier alpha value is -4.07. The van der Waals surface area contributed by atoms with Crippen molar-refractivity contribution >= 4 is 29.4 Å². The smallest absolute Gasteiger partial charge is 0.337 e. The average Bonchev–Trinajstić information content (AvgIpc) is 2.87. The molecule has 8 heteroatoms. The molecule has 1 amide bonds. The lowest BCUT2D eigenvalue weighted by molar-refractivity contribution is -0.158. The van der Waals surface area contributed by atoms with E-state index in [1.165, 1.54) is 26.0 Å². The van der Waals surface area contributed by atoms with Crippen LogP contribution in [0.15, 0.2) is 66.2 Å². The second-order valence-electron chi connectivity index (χ2n) is 8.22. The van der Waals surface area contributed by atoms with Gasteiger partial charge in [-0.25, -0.2) is 9.59 Å². The van der Waals surface area contributed by atoms with Crippen LogP contribution < -0.4 is 0 Å². The van der Waals surface area contributed by atoms with E-state index >= 15 is 0 Å². The van der Waals surface area contributed by atoms with Crippen molar-refractivity contribution in [2.45, 2.75) is 25.8 Å². The van der Waals surface area contributed by atoms with Gasteiger partial charge in [0.2, 0.25) is 5.91 Å². The molecule has 1 fully saturated rings. The highest BCUT2D eigenvalue weighted by Crippen LogP contribution is 2.25. The number of likely N-dealkylation sites (tertiary alicyclic amines) is 1. The minimum Gasteiger partial charge on any atom is -0.467 e. The number of nitrogens with zero attached hydrogens (tertiary/aromatic N) is 1. The Morgan fingerprint density at radius 1 is 0.971 bits per heavy atom. The third kappa shape index (κ3) is 5.90. The Morgan fingerprint density at radius 3 is 2.20 bits per heavy atom. The number of Topliss-reactive ketones (excluding diaryl/α,β-unsaturated/α-hetero) is 2. The number of hydrogen-bond acceptors (Lipinski definition) is 7. The molecule has 0 aliphatic carbocycles. The van der Waals surface area contributed by atoms with Crippen LogP contribution in [0.4, 0.5) is 0 Å². The van der Waals surface area contributed by atoms with Crippen molar-refractivity contribution < 1.29 is 33.4 Å². The van der Waals surface area contributed by atoms with Crippen molar-refractivity contribution in [2.75, 3.05) is 20.8 Å². The summed E-state index contributed by atoms with van der Waals surface area (Å²) < 4.78 is 9.65. The van der Waals surface area contributed by atoms with Gasteiger partial charge >= 0.3 is 11.9 Å². The van der Waals surface area contributed by atoms with Crippen molar-refractivity contribution in [1.29, 1.82) is 0 Å². The Labute approximate surface area is 203 Å². The van der Waals surface area contributed by atoms with Crippen LogP contribution in [0.1, 0.15) is 28.4 Å². The highest BCUT2D eigenvalue weighted by Gasteiger charge is 2.45. The molecule has 35 heavy (non-hydrogen) atoms. The van der Waals surface area contributed by atoms with E-state index in [4.69, 9.17) is 9.47 Å². The molecule has 0 N–H and O–H groups in total. The minimum absolute atomic E-state index is 0.117. The number of esters is 2. The molecule has 0 aromatic heterocycles. The maximum Gasteiger partial charge on any atom is 0.337 e. The van der Waals surface area contributed by atoms with Gasteiger partial charge in [-0.15, -0.1) is 0 Å².